The average Bonchev–Trinajstić information content (AvgIpc) is 2.80. The van der Waals surface area contributed by atoms with Gasteiger partial charge in [-0.1, -0.05) is 25.0 Å². The van der Waals surface area contributed by atoms with Gasteiger partial charge >= 0.3 is 0 Å². The molecule has 0 aromatic heterocycles. The second-order valence-electron chi connectivity index (χ2n) is 4.91. The number of sulfone groups is 1. The molecule has 0 radical (unpaired) electrons. The van der Waals surface area contributed by atoms with Crippen molar-refractivity contribution < 1.29 is 8.42 Å². The van der Waals surface area contributed by atoms with Gasteiger partial charge in [0.1, 0.15) is 0 Å². The molecule has 4 heteroatoms. The summed E-state index contributed by atoms with van der Waals surface area (Å²) in [7, 11) is -3.14. The Morgan fingerprint density at radius 3 is 2.53 bits per heavy atom. The molecule has 2 N–H and O–H groups in total. The molecule has 0 aliphatic heterocycles. The van der Waals surface area contributed by atoms with Crippen molar-refractivity contribution in [1.29, 1.82) is 0 Å². The van der Waals surface area contributed by atoms with Crippen LogP contribution in [0.3, 0.4) is 0 Å². The van der Waals surface area contributed by atoms with Gasteiger partial charge in [0.2, 0.25) is 0 Å². The molecule has 17 heavy (non-hydrogen) atoms. The van der Waals surface area contributed by atoms with E-state index in [1.54, 1.807) is 18.2 Å². The van der Waals surface area contributed by atoms with E-state index in [-0.39, 0.29) is 6.04 Å². The van der Waals surface area contributed by atoms with Gasteiger partial charge in [0, 0.05) is 12.3 Å². The van der Waals surface area contributed by atoms with Crippen LogP contribution in [0, 0.1) is 5.92 Å². The van der Waals surface area contributed by atoms with Gasteiger partial charge in [0.25, 0.3) is 0 Å². The van der Waals surface area contributed by atoms with E-state index >= 15 is 0 Å². The monoisotopic (exact) mass is 253 g/mol. The Kier molecular flexibility index (Phi) is 3.54. The molecule has 1 atom stereocenters. The molecular weight excluding hydrogens is 234 g/mol. The van der Waals surface area contributed by atoms with Crippen LogP contribution in [0.4, 0.5) is 0 Å². The molecule has 3 nitrogen and oxygen atoms in total. The molecule has 94 valence electrons. The zero-order valence-corrected chi connectivity index (χ0v) is 10.9. The zero-order valence-electron chi connectivity index (χ0n) is 10.1. The second-order valence-corrected chi connectivity index (χ2v) is 6.93. The van der Waals surface area contributed by atoms with E-state index in [9.17, 15) is 8.42 Å². The van der Waals surface area contributed by atoms with Crippen LogP contribution in [0.2, 0.25) is 0 Å². The minimum Gasteiger partial charge on any atom is -0.324 e. The largest absolute Gasteiger partial charge is 0.324 e. The van der Waals surface area contributed by atoms with E-state index in [1.807, 2.05) is 6.07 Å². The van der Waals surface area contributed by atoms with Gasteiger partial charge in [-0.3, -0.25) is 0 Å². The van der Waals surface area contributed by atoms with Crippen LogP contribution in [0.1, 0.15) is 37.3 Å². The Morgan fingerprint density at radius 2 is 1.94 bits per heavy atom. The van der Waals surface area contributed by atoms with Crippen molar-refractivity contribution in [2.45, 2.75) is 36.6 Å². The van der Waals surface area contributed by atoms with Crippen LogP contribution in [0.15, 0.2) is 29.2 Å². The molecule has 0 bridgehead atoms. The number of nitrogens with two attached hydrogens (primary N) is 1. The summed E-state index contributed by atoms with van der Waals surface area (Å²) in [6.45, 7) is 0. The molecule has 2 rings (SSSR count). The van der Waals surface area contributed by atoms with E-state index in [4.69, 9.17) is 5.73 Å². The molecule has 1 saturated carbocycles. The standard InChI is InChI=1S/C13H19NO2S/c1-17(15,16)12-8-4-7-11(9-12)13(14)10-5-2-3-6-10/h4,7-10,13H,2-3,5-6,14H2,1H3. The zero-order chi connectivity index (χ0) is 12.5. The first-order chi connectivity index (χ1) is 7.98. The molecule has 0 amide bonds. The van der Waals surface area contributed by atoms with Crippen LogP contribution >= 0.6 is 0 Å². The summed E-state index contributed by atoms with van der Waals surface area (Å²) in [5, 5.41) is 0. The maximum absolute atomic E-state index is 11.5. The lowest BCUT2D eigenvalue weighted by atomic mass is 9.93. The highest BCUT2D eigenvalue weighted by Crippen LogP contribution is 2.34. The SMILES string of the molecule is CS(=O)(=O)c1cccc(C(N)C2CCCC2)c1. The minimum atomic E-state index is -3.14. The number of benzene rings is 1. The van der Waals surface area contributed by atoms with Crippen molar-refractivity contribution in [3.8, 4) is 0 Å². The van der Waals surface area contributed by atoms with Crippen LogP contribution < -0.4 is 5.73 Å². The summed E-state index contributed by atoms with van der Waals surface area (Å²) in [6.07, 6.45) is 6.02. The fraction of sp³-hybridized carbons (Fsp3) is 0.538. The molecule has 1 aliphatic rings. The van der Waals surface area contributed by atoms with Gasteiger partial charge in [-0.25, -0.2) is 8.42 Å². The fourth-order valence-corrected chi connectivity index (χ4v) is 3.22. The van der Waals surface area contributed by atoms with Crippen molar-refractivity contribution in [2.75, 3.05) is 6.26 Å². The first-order valence-corrected chi connectivity index (χ1v) is 7.93. The molecule has 0 saturated heterocycles. The number of hydrogen-bond donors (Lipinski definition) is 1. The van der Waals surface area contributed by atoms with Crippen molar-refractivity contribution in [2.24, 2.45) is 11.7 Å². The lowest BCUT2D eigenvalue weighted by Crippen LogP contribution is -2.19. The molecule has 1 fully saturated rings. The highest BCUT2D eigenvalue weighted by molar-refractivity contribution is 7.90. The van der Waals surface area contributed by atoms with Gasteiger partial charge in [0.05, 0.1) is 4.90 Å². The van der Waals surface area contributed by atoms with Crippen molar-refractivity contribution >= 4 is 9.84 Å². The summed E-state index contributed by atoms with van der Waals surface area (Å²) in [4.78, 5) is 0.364. The third-order valence-electron chi connectivity index (χ3n) is 3.58. The van der Waals surface area contributed by atoms with Gasteiger partial charge in [-0.15, -0.1) is 0 Å². The summed E-state index contributed by atoms with van der Waals surface area (Å²) in [5.41, 5.74) is 7.16. The van der Waals surface area contributed by atoms with E-state index in [2.05, 4.69) is 0 Å². The average molecular weight is 253 g/mol. The quantitative estimate of drug-likeness (QED) is 0.899. The van der Waals surface area contributed by atoms with Gasteiger partial charge in [-0.05, 0) is 36.5 Å². The van der Waals surface area contributed by atoms with Crippen LogP contribution in [0.25, 0.3) is 0 Å². The number of rotatable bonds is 3. The number of hydrogen-bond acceptors (Lipinski definition) is 3. The summed E-state index contributed by atoms with van der Waals surface area (Å²) < 4.78 is 23.0. The van der Waals surface area contributed by atoms with Crippen LogP contribution in [-0.2, 0) is 9.84 Å². The molecule has 1 aliphatic carbocycles. The lowest BCUT2D eigenvalue weighted by molar-refractivity contribution is 0.444. The van der Waals surface area contributed by atoms with Crippen molar-refractivity contribution in [3.63, 3.8) is 0 Å². The van der Waals surface area contributed by atoms with Gasteiger partial charge in [-0.2, -0.15) is 0 Å². The predicted molar refractivity (Wildman–Crippen MR) is 68.4 cm³/mol. The predicted octanol–water partition coefficient (Wildman–Crippen LogP) is 2.28. The van der Waals surface area contributed by atoms with E-state index in [1.165, 1.54) is 19.1 Å². The first-order valence-electron chi connectivity index (χ1n) is 6.04. The van der Waals surface area contributed by atoms with Crippen LogP contribution in [0.5, 0.6) is 0 Å². The summed E-state index contributed by atoms with van der Waals surface area (Å²) in [6, 6.07) is 7.02. The maximum atomic E-state index is 11.5. The summed E-state index contributed by atoms with van der Waals surface area (Å²) >= 11 is 0. The third kappa shape index (κ3) is 2.87. The topological polar surface area (TPSA) is 60.2 Å². The Bertz CT molecular complexity index is 490. The summed E-state index contributed by atoms with van der Waals surface area (Å²) in [5.74, 6) is 0.504. The Labute approximate surface area is 103 Å². The molecule has 1 unspecified atom stereocenters. The van der Waals surface area contributed by atoms with Gasteiger partial charge < -0.3 is 5.73 Å². The van der Waals surface area contributed by atoms with E-state index in [0.717, 1.165) is 18.4 Å². The Hall–Kier alpha value is -0.870. The molecule has 1 aromatic carbocycles. The van der Waals surface area contributed by atoms with Gasteiger partial charge in [0.15, 0.2) is 9.84 Å². The fourth-order valence-electron chi connectivity index (χ4n) is 2.54. The van der Waals surface area contributed by atoms with E-state index in [0.29, 0.717) is 10.8 Å². The Morgan fingerprint density at radius 1 is 1.29 bits per heavy atom. The molecule has 0 heterocycles. The normalized spacial score (nSPS) is 19.4. The third-order valence-corrected chi connectivity index (χ3v) is 4.69. The van der Waals surface area contributed by atoms with Crippen molar-refractivity contribution in [3.05, 3.63) is 29.8 Å². The molecule has 1 aromatic rings. The van der Waals surface area contributed by atoms with E-state index < -0.39 is 9.84 Å². The highest BCUT2D eigenvalue weighted by atomic mass is 32.2. The smallest absolute Gasteiger partial charge is 0.175 e. The molecule has 0 spiro atoms. The second kappa shape index (κ2) is 4.78. The molecular formula is C13H19NO2S. The lowest BCUT2D eigenvalue weighted by Gasteiger charge is -2.19. The Balaban J connectivity index is 2.26. The maximum Gasteiger partial charge on any atom is 0.175 e. The minimum absolute atomic E-state index is 0.0285. The first kappa shape index (κ1) is 12.6. The van der Waals surface area contributed by atoms with Crippen LogP contribution in [-0.4, -0.2) is 14.7 Å². The van der Waals surface area contributed by atoms with Crippen molar-refractivity contribution in [1.82, 2.24) is 0 Å². The highest BCUT2D eigenvalue weighted by Gasteiger charge is 2.23.